The first-order chi connectivity index (χ1) is 16.6. The Labute approximate surface area is 217 Å². The lowest BCUT2D eigenvalue weighted by molar-refractivity contribution is -0.206. The quantitative estimate of drug-likeness (QED) is 0.339. The van der Waals surface area contributed by atoms with Gasteiger partial charge in [-0.1, -0.05) is 46.3 Å². The van der Waals surface area contributed by atoms with Crippen molar-refractivity contribution in [1.29, 1.82) is 0 Å². The highest BCUT2D eigenvalue weighted by molar-refractivity contribution is 5.80. The van der Waals surface area contributed by atoms with Crippen molar-refractivity contribution in [1.82, 2.24) is 0 Å². The first kappa shape index (κ1) is 26.3. The van der Waals surface area contributed by atoms with E-state index in [4.69, 9.17) is 4.74 Å². The number of carboxylic acid groups (broad SMARTS) is 1. The highest BCUT2D eigenvalue weighted by Gasteiger charge is 2.69. The number of aliphatic hydroxyl groups excluding tert-OH is 1. The van der Waals surface area contributed by atoms with Gasteiger partial charge in [0.25, 0.3) is 0 Å². The van der Waals surface area contributed by atoms with E-state index < -0.39 is 16.8 Å². The summed E-state index contributed by atoms with van der Waals surface area (Å²) in [6, 6.07) is 0. The number of ether oxygens (including phenoxy) is 1. The van der Waals surface area contributed by atoms with Crippen LogP contribution in [0, 0.1) is 50.2 Å². The summed E-state index contributed by atoms with van der Waals surface area (Å²) in [5.41, 5.74) is -0.0258. The summed E-state index contributed by atoms with van der Waals surface area (Å²) < 4.78 is 5.21. The van der Waals surface area contributed by atoms with E-state index in [1.807, 2.05) is 6.92 Å². The number of allylic oxidation sites excluding steroid dienone is 2. The molecule has 0 aromatic heterocycles. The fourth-order valence-electron chi connectivity index (χ4n) is 10.9. The molecule has 9 atom stereocenters. The second kappa shape index (κ2) is 7.83. The Kier molecular flexibility index (Phi) is 5.71. The van der Waals surface area contributed by atoms with E-state index in [0.717, 1.165) is 38.5 Å². The Bertz CT molecular complexity index is 999. The van der Waals surface area contributed by atoms with Crippen molar-refractivity contribution in [2.24, 2.45) is 50.2 Å². The molecule has 0 aromatic rings. The maximum Gasteiger partial charge on any atom is 0.311 e. The van der Waals surface area contributed by atoms with E-state index >= 15 is 0 Å². The van der Waals surface area contributed by atoms with Gasteiger partial charge in [0.2, 0.25) is 0 Å². The number of carbonyl (C=O) groups excluding carboxylic acids is 1. The largest absolute Gasteiger partial charge is 0.481 e. The number of carbonyl (C=O) groups is 2. The van der Waals surface area contributed by atoms with E-state index in [9.17, 15) is 19.8 Å². The molecule has 5 rings (SSSR count). The van der Waals surface area contributed by atoms with Crippen LogP contribution in [0.1, 0.15) is 106 Å². The minimum absolute atomic E-state index is 0.0739. The smallest absolute Gasteiger partial charge is 0.311 e. The number of rotatable bonds is 2. The monoisotopic (exact) mass is 500 g/mol. The Balaban J connectivity index is 1.60. The van der Waals surface area contributed by atoms with Crippen LogP contribution in [0.4, 0.5) is 0 Å². The van der Waals surface area contributed by atoms with Gasteiger partial charge in [0, 0.05) is 0 Å². The molecule has 5 aliphatic rings. The van der Waals surface area contributed by atoms with Crippen molar-refractivity contribution in [3.63, 3.8) is 0 Å². The number of aliphatic hydroxyl groups is 1. The Morgan fingerprint density at radius 3 is 2.22 bits per heavy atom. The predicted octanol–water partition coefficient (Wildman–Crippen LogP) is 6.39. The zero-order valence-corrected chi connectivity index (χ0v) is 23.6. The molecule has 2 N–H and O–H groups in total. The van der Waals surface area contributed by atoms with Crippen LogP contribution in [-0.4, -0.2) is 35.4 Å². The van der Waals surface area contributed by atoms with Crippen LogP contribution in [0.5, 0.6) is 0 Å². The molecule has 0 heterocycles. The van der Waals surface area contributed by atoms with Gasteiger partial charge >= 0.3 is 11.9 Å². The number of aliphatic carboxylic acids is 1. The zero-order valence-electron chi connectivity index (χ0n) is 23.6. The molecule has 0 bridgehead atoms. The highest BCUT2D eigenvalue weighted by atomic mass is 16.5. The summed E-state index contributed by atoms with van der Waals surface area (Å²) in [4.78, 5) is 25.7. The summed E-state index contributed by atoms with van der Waals surface area (Å²) in [5.74, 6) is -0.0142. The van der Waals surface area contributed by atoms with Crippen molar-refractivity contribution in [3.05, 3.63) is 11.6 Å². The lowest BCUT2D eigenvalue weighted by atomic mass is 9.33. The molecule has 5 aliphatic carbocycles. The molecular weight excluding hydrogens is 452 g/mol. The van der Waals surface area contributed by atoms with Crippen LogP contribution < -0.4 is 0 Å². The zero-order chi connectivity index (χ0) is 26.5. The summed E-state index contributed by atoms with van der Waals surface area (Å²) in [5, 5.41) is 21.5. The molecule has 5 nitrogen and oxygen atoms in total. The number of hydrogen-bond acceptors (Lipinski definition) is 4. The summed E-state index contributed by atoms with van der Waals surface area (Å²) in [6.07, 6.45) is 10.6. The van der Waals surface area contributed by atoms with Crippen molar-refractivity contribution in [2.45, 2.75) is 112 Å². The molecule has 0 spiro atoms. The fraction of sp³-hybridized carbons (Fsp3) is 0.871. The lowest BCUT2D eigenvalue weighted by Gasteiger charge is -2.71. The van der Waals surface area contributed by atoms with Crippen LogP contribution in [-0.2, 0) is 14.3 Å². The van der Waals surface area contributed by atoms with Crippen LogP contribution in [0.2, 0.25) is 0 Å². The standard InChI is InChI=1S/C31H48O5/c1-26(2)21-10-13-30(6)22(28(21,4)12-11-23(26)32)9-8-19-20-18-27(3,25(35)36-7)14-16-31(20,24(33)34)17-15-29(19,30)5/h8,20-23,32H,9-18H2,1-7H3,(H,33,34)/t20-,21-,22-,23+,27+,28+,29-,30-,31+/m1/s1. The number of carboxylic acids is 1. The van der Waals surface area contributed by atoms with Crippen LogP contribution in [0.3, 0.4) is 0 Å². The molecular formula is C31H48O5. The predicted molar refractivity (Wildman–Crippen MR) is 139 cm³/mol. The topological polar surface area (TPSA) is 83.8 Å². The average Bonchev–Trinajstić information content (AvgIpc) is 2.81. The van der Waals surface area contributed by atoms with Gasteiger partial charge in [-0.05, 0) is 111 Å². The van der Waals surface area contributed by atoms with Crippen molar-refractivity contribution in [2.75, 3.05) is 7.11 Å². The second-order valence-electron chi connectivity index (χ2n) is 14.9. The van der Waals surface area contributed by atoms with Gasteiger partial charge in [0.1, 0.15) is 0 Å². The molecule has 0 aliphatic heterocycles. The number of hydrogen-bond donors (Lipinski definition) is 2. The van der Waals surface area contributed by atoms with E-state index in [1.54, 1.807) is 0 Å². The Hall–Kier alpha value is -1.36. The first-order valence-corrected chi connectivity index (χ1v) is 14.3. The minimum Gasteiger partial charge on any atom is -0.481 e. The molecule has 5 heteroatoms. The average molecular weight is 501 g/mol. The van der Waals surface area contributed by atoms with Gasteiger partial charge in [0.15, 0.2) is 0 Å². The van der Waals surface area contributed by atoms with Gasteiger partial charge < -0.3 is 14.9 Å². The van der Waals surface area contributed by atoms with Gasteiger partial charge in [-0.25, -0.2) is 0 Å². The molecule has 202 valence electrons. The van der Waals surface area contributed by atoms with Crippen molar-refractivity contribution in [3.8, 4) is 0 Å². The maximum atomic E-state index is 12.9. The second-order valence-corrected chi connectivity index (χ2v) is 14.9. The summed E-state index contributed by atoms with van der Waals surface area (Å²) >= 11 is 0. The molecule has 4 saturated carbocycles. The van der Waals surface area contributed by atoms with Crippen LogP contribution in [0.25, 0.3) is 0 Å². The third kappa shape index (κ3) is 3.04. The highest BCUT2D eigenvalue weighted by Crippen LogP contribution is 2.75. The third-order valence-corrected chi connectivity index (χ3v) is 13.5. The van der Waals surface area contributed by atoms with E-state index in [-0.39, 0.29) is 39.7 Å². The van der Waals surface area contributed by atoms with Gasteiger partial charge in [-0.2, -0.15) is 0 Å². The third-order valence-electron chi connectivity index (χ3n) is 13.5. The lowest BCUT2D eigenvalue weighted by Crippen LogP contribution is -2.65. The molecule has 0 unspecified atom stereocenters. The van der Waals surface area contributed by atoms with Gasteiger partial charge in [-0.3, -0.25) is 9.59 Å². The molecule has 0 radical (unpaired) electrons. The van der Waals surface area contributed by atoms with E-state index in [2.05, 4.69) is 40.7 Å². The van der Waals surface area contributed by atoms with Crippen LogP contribution in [0.15, 0.2) is 11.6 Å². The SMILES string of the molecule is COC(=O)[C@@]1(C)CC[C@]2(C(=O)O)CC[C@]3(C)C(=CC[C@@H]4[C@@]5(C)CC[C@H](O)C(C)(C)[C@H]5CC[C@]43C)[C@H]2C1. The number of esters is 1. The number of fused-ring (bicyclic) bond motifs is 7. The van der Waals surface area contributed by atoms with Crippen molar-refractivity contribution < 1.29 is 24.5 Å². The fourth-order valence-corrected chi connectivity index (χ4v) is 10.9. The summed E-state index contributed by atoms with van der Waals surface area (Å²) in [6.45, 7) is 13.9. The minimum atomic E-state index is -0.778. The van der Waals surface area contributed by atoms with Gasteiger partial charge in [-0.15, -0.1) is 0 Å². The first-order valence-electron chi connectivity index (χ1n) is 14.3. The Morgan fingerprint density at radius 1 is 0.917 bits per heavy atom. The number of methoxy groups -OCH3 is 1. The van der Waals surface area contributed by atoms with Crippen molar-refractivity contribution >= 4 is 11.9 Å². The molecule has 0 saturated heterocycles. The summed E-state index contributed by atoms with van der Waals surface area (Å²) in [7, 11) is 1.45. The van der Waals surface area contributed by atoms with Gasteiger partial charge in [0.05, 0.1) is 24.0 Å². The Morgan fingerprint density at radius 2 is 1.58 bits per heavy atom. The van der Waals surface area contributed by atoms with E-state index in [1.165, 1.54) is 12.7 Å². The molecule has 36 heavy (non-hydrogen) atoms. The normalized spacial score (nSPS) is 51.5. The molecule has 0 aromatic carbocycles. The van der Waals surface area contributed by atoms with Crippen LogP contribution >= 0.6 is 0 Å². The molecule has 4 fully saturated rings. The molecule has 0 amide bonds. The maximum absolute atomic E-state index is 12.9. The van der Waals surface area contributed by atoms with E-state index in [0.29, 0.717) is 37.5 Å².